The van der Waals surface area contributed by atoms with Crippen LogP contribution in [0.2, 0.25) is 0 Å². The van der Waals surface area contributed by atoms with Crippen LogP contribution in [-0.4, -0.2) is 42.6 Å². The lowest BCUT2D eigenvalue weighted by Crippen LogP contribution is -2.37. The zero-order chi connectivity index (χ0) is 8.97. The van der Waals surface area contributed by atoms with E-state index < -0.39 is 0 Å². The molecule has 0 bridgehead atoms. The molecule has 0 amide bonds. The average molecular weight is 236 g/mol. The molecule has 2 atom stereocenters. The second-order valence-corrected chi connectivity index (χ2v) is 4.25. The largest absolute Gasteiger partial charge is 0.377 e. The summed E-state index contributed by atoms with van der Waals surface area (Å²) < 4.78 is 5.51. The molecule has 0 aromatic rings. The molecular formula is C9H18BrNO. The van der Waals surface area contributed by atoms with E-state index in [2.05, 4.69) is 34.8 Å². The van der Waals surface area contributed by atoms with Crippen molar-refractivity contribution in [3.05, 3.63) is 0 Å². The first-order valence-corrected chi connectivity index (χ1v) is 5.75. The lowest BCUT2D eigenvalue weighted by molar-refractivity contribution is 0.0839. The summed E-state index contributed by atoms with van der Waals surface area (Å²) >= 11 is 3.44. The Balaban J connectivity index is 2.25. The molecule has 0 N–H and O–H groups in total. The molecule has 1 heterocycles. The van der Waals surface area contributed by atoms with Gasteiger partial charge in [-0.3, -0.25) is 0 Å². The van der Waals surface area contributed by atoms with Crippen molar-refractivity contribution in [2.45, 2.75) is 31.9 Å². The second kappa shape index (κ2) is 5.20. The number of halogens is 1. The van der Waals surface area contributed by atoms with Crippen LogP contribution in [0.4, 0.5) is 0 Å². The number of ether oxygens (including phenoxy) is 1. The van der Waals surface area contributed by atoms with E-state index in [-0.39, 0.29) is 0 Å². The fraction of sp³-hybridized carbons (Fsp3) is 1.00. The van der Waals surface area contributed by atoms with Gasteiger partial charge >= 0.3 is 0 Å². The Labute approximate surface area is 83.4 Å². The normalized spacial score (nSPS) is 30.0. The van der Waals surface area contributed by atoms with Crippen LogP contribution in [-0.2, 0) is 4.74 Å². The molecule has 2 nitrogen and oxygen atoms in total. The Morgan fingerprint density at radius 3 is 2.83 bits per heavy atom. The number of alkyl halides is 1. The smallest absolute Gasteiger partial charge is 0.0702 e. The zero-order valence-electron chi connectivity index (χ0n) is 7.92. The van der Waals surface area contributed by atoms with Crippen LogP contribution in [0, 0.1) is 0 Å². The average Bonchev–Trinajstić information content (AvgIpc) is 2.47. The van der Waals surface area contributed by atoms with E-state index in [4.69, 9.17) is 4.74 Å². The first kappa shape index (κ1) is 10.5. The van der Waals surface area contributed by atoms with Gasteiger partial charge in [-0.25, -0.2) is 0 Å². The Kier molecular flexibility index (Phi) is 4.54. The Hall–Kier alpha value is 0.400. The van der Waals surface area contributed by atoms with Crippen LogP contribution in [0.1, 0.15) is 19.8 Å². The van der Waals surface area contributed by atoms with Gasteiger partial charge in [-0.15, -0.1) is 0 Å². The second-order valence-electron chi connectivity index (χ2n) is 3.46. The standard InChI is InChI=1S/C9H18BrNO/c1-8-9(4-7-12-8)11(2)6-3-5-10/h8-9H,3-7H2,1-2H3. The van der Waals surface area contributed by atoms with Gasteiger partial charge in [-0.2, -0.15) is 0 Å². The van der Waals surface area contributed by atoms with Gasteiger partial charge < -0.3 is 9.64 Å². The molecule has 1 saturated heterocycles. The first-order valence-electron chi connectivity index (χ1n) is 4.63. The van der Waals surface area contributed by atoms with E-state index in [1.54, 1.807) is 0 Å². The maximum Gasteiger partial charge on any atom is 0.0702 e. The van der Waals surface area contributed by atoms with Crippen molar-refractivity contribution in [3.8, 4) is 0 Å². The Morgan fingerprint density at radius 2 is 2.33 bits per heavy atom. The monoisotopic (exact) mass is 235 g/mol. The fourth-order valence-corrected chi connectivity index (χ4v) is 2.02. The fourth-order valence-electron chi connectivity index (χ4n) is 1.77. The molecule has 1 aliphatic rings. The molecule has 0 radical (unpaired) electrons. The van der Waals surface area contributed by atoms with Gasteiger partial charge in [0.15, 0.2) is 0 Å². The van der Waals surface area contributed by atoms with Gasteiger partial charge in [-0.05, 0) is 33.4 Å². The minimum absolute atomic E-state index is 0.422. The summed E-state index contributed by atoms with van der Waals surface area (Å²) in [7, 11) is 2.19. The van der Waals surface area contributed by atoms with Gasteiger partial charge in [0.25, 0.3) is 0 Å². The highest BCUT2D eigenvalue weighted by atomic mass is 79.9. The number of rotatable bonds is 4. The maximum absolute atomic E-state index is 5.51. The van der Waals surface area contributed by atoms with E-state index in [9.17, 15) is 0 Å². The van der Waals surface area contributed by atoms with E-state index in [1.165, 1.54) is 19.4 Å². The third-order valence-corrected chi connectivity index (χ3v) is 3.11. The summed E-state index contributed by atoms with van der Waals surface area (Å²) in [6, 6.07) is 0.643. The van der Waals surface area contributed by atoms with Crippen molar-refractivity contribution < 1.29 is 4.74 Å². The number of hydrogen-bond donors (Lipinski definition) is 0. The van der Waals surface area contributed by atoms with Gasteiger partial charge in [0, 0.05) is 18.0 Å². The number of likely N-dealkylation sites (N-methyl/N-ethyl adjacent to an activating group) is 1. The predicted octanol–water partition coefficient (Wildman–Crippen LogP) is 1.88. The van der Waals surface area contributed by atoms with Crippen molar-refractivity contribution in [2.24, 2.45) is 0 Å². The SMILES string of the molecule is CC1OCCC1N(C)CCCBr. The Bertz CT molecular complexity index is 132. The maximum atomic E-state index is 5.51. The molecule has 0 aromatic carbocycles. The summed E-state index contributed by atoms with van der Waals surface area (Å²) in [5.74, 6) is 0. The van der Waals surface area contributed by atoms with Crippen LogP contribution < -0.4 is 0 Å². The highest BCUT2D eigenvalue weighted by Gasteiger charge is 2.27. The highest BCUT2D eigenvalue weighted by Crippen LogP contribution is 2.18. The van der Waals surface area contributed by atoms with E-state index >= 15 is 0 Å². The molecule has 1 fully saturated rings. The quantitative estimate of drug-likeness (QED) is 0.691. The van der Waals surface area contributed by atoms with Gasteiger partial charge in [0.05, 0.1) is 6.10 Å². The van der Waals surface area contributed by atoms with Gasteiger partial charge in [0.1, 0.15) is 0 Å². The molecule has 0 aliphatic carbocycles. The topological polar surface area (TPSA) is 12.5 Å². The molecular weight excluding hydrogens is 218 g/mol. The molecule has 12 heavy (non-hydrogen) atoms. The van der Waals surface area contributed by atoms with Crippen molar-refractivity contribution in [3.63, 3.8) is 0 Å². The molecule has 3 heteroatoms. The molecule has 0 saturated carbocycles. The van der Waals surface area contributed by atoms with Crippen molar-refractivity contribution >= 4 is 15.9 Å². The molecule has 2 unspecified atom stereocenters. The minimum Gasteiger partial charge on any atom is -0.377 e. The van der Waals surface area contributed by atoms with E-state index in [0.717, 1.165) is 11.9 Å². The molecule has 72 valence electrons. The van der Waals surface area contributed by atoms with Crippen LogP contribution in [0.15, 0.2) is 0 Å². The van der Waals surface area contributed by atoms with E-state index in [1.807, 2.05) is 0 Å². The molecule has 1 rings (SSSR count). The number of hydrogen-bond acceptors (Lipinski definition) is 2. The van der Waals surface area contributed by atoms with Crippen LogP contribution in [0.3, 0.4) is 0 Å². The van der Waals surface area contributed by atoms with Crippen LogP contribution in [0.5, 0.6) is 0 Å². The summed E-state index contributed by atoms with van der Waals surface area (Å²) in [4.78, 5) is 2.42. The third-order valence-electron chi connectivity index (χ3n) is 2.55. The lowest BCUT2D eigenvalue weighted by Gasteiger charge is -2.26. The molecule has 0 aromatic heterocycles. The lowest BCUT2D eigenvalue weighted by atomic mass is 10.1. The first-order chi connectivity index (χ1) is 5.75. The predicted molar refractivity (Wildman–Crippen MR) is 54.9 cm³/mol. The molecule has 1 aliphatic heterocycles. The van der Waals surface area contributed by atoms with Crippen molar-refractivity contribution in [1.29, 1.82) is 0 Å². The summed E-state index contributed by atoms with van der Waals surface area (Å²) in [6.45, 7) is 4.27. The van der Waals surface area contributed by atoms with Crippen LogP contribution >= 0.6 is 15.9 Å². The zero-order valence-corrected chi connectivity index (χ0v) is 9.51. The van der Waals surface area contributed by atoms with E-state index in [0.29, 0.717) is 12.1 Å². The minimum atomic E-state index is 0.422. The Morgan fingerprint density at radius 1 is 1.58 bits per heavy atom. The van der Waals surface area contributed by atoms with Gasteiger partial charge in [0.2, 0.25) is 0 Å². The summed E-state index contributed by atoms with van der Waals surface area (Å²) in [5.41, 5.74) is 0. The third kappa shape index (κ3) is 2.71. The van der Waals surface area contributed by atoms with Crippen molar-refractivity contribution in [2.75, 3.05) is 25.5 Å². The summed E-state index contributed by atoms with van der Waals surface area (Å²) in [5, 5.41) is 1.10. The highest BCUT2D eigenvalue weighted by molar-refractivity contribution is 9.09. The van der Waals surface area contributed by atoms with Crippen LogP contribution in [0.25, 0.3) is 0 Å². The summed E-state index contributed by atoms with van der Waals surface area (Å²) in [6.07, 6.45) is 2.84. The van der Waals surface area contributed by atoms with Gasteiger partial charge in [-0.1, -0.05) is 15.9 Å². The molecule has 0 spiro atoms. The number of nitrogens with zero attached hydrogens (tertiary/aromatic N) is 1. The van der Waals surface area contributed by atoms with Crippen molar-refractivity contribution in [1.82, 2.24) is 4.90 Å².